The first-order valence-electron chi connectivity index (χ1n) is 13.3. The van der Waals surface area contributed by atoms with E-state index >= 15 is 0 Å². The maximum atomic E-state index is 12.6. The zero-order valence-electron chi connectivity index (χ0n) is 23.8. The van der Waals surface area contributed by atoms with Crippen molar-refractivity contribution in [3.8, 4) is 23.0 Å². The number of nitrogens with zero attached hydrogens (tertiary/aromatic N) is 1. The minimum Gasteiger partial charge on any atom is -0.493 e. The second-order valence-corrected chi connectivity index (χ2v) is 11.3. The van der Waals surface area contributed by atoms with Crippen LogP contribution < -0.4 is 18.9 Å². The molecule has 0 saturated heterocycles. The molecule has 42 heavy (non-hydrogen) atoms. The van der Waals surface area contributed by atoms with Gasteiger partial charge in [-0.05, 0) is 40.8 Å². The number of aliphatic carboxylic acids is 2. The molecule has 1 aromatic heterocycles. The van der Waals surface area contributed by atoms with Crippen LogP contribution in [0, 0.1) is 11.8 Å². The first-order valence-corrected chi connectivity index (χ1v) is 14.2. The standard InChI is InChI=1S/C30H33NO10S/c1-16(29(34)35)7-21(32)27-12-18-9-24(23(39-4)13-26(18)42-27)40-5-6-41-25-11-20-15-31(14-19(20)10-22(25)38-3)28(33)8-17(2)30(36)37/h9-13,16-17H,5-8,14-15H2,1-4H3,(H,34,35)(H,36,37). The third-order valence-corrected chi connectivity index (χ3v) is 8.19. The number of carbonyl (C=O) groups is 4. The number of ketones is 1. The Bertz CT molecular complexity index is 1510. The summed E-state index contributed by atoms with van der Waals surface area (Å²) < 4.78 is 23.7. The van der Waals surface area contributed by atoms with Gasteiger partial charge in [0.05, 0.1) is 30.9 Å². The summed E-state index contributed by atoms with van der Waals surface area (Å²) in [7, 11) is 3.05. The van der Waals surface area contributed by atoms with Crippen molar-refractivity contribution in [1.82, 2.24) is 4.90 Å². The molecule has 1 aliphatic heterocycles. The van der Waals surface area contributed by atoms with E-state index in [1.54, 1.807) is 23.1 Å². The number of amides is 1. The minimum absolute atomic E-state index is 0.0661. The van der Waals surface area contributed by atoms with E-state index in [0.29, 0.717) is 41.0 Å². The smallest absolute Gasteiger partial charge is 0.306 e. The number of thiophene rings is 1. The molecule has 2 N–H and O–H groups in total. The Balaban J connectivity index is 1.39. The lowest BCUT2D eigenvalue weighted by Gasteiger charge is -2.16. The van der Waals surface area contributed by atoms with E-state index in [9.17, 15) is 19.2 Å². The lowest BCUT2D eigenvalue weighted by Crippen LogP contribution is -2.28. The molecule has 1 amide bonds. The number of hydrogen-bond donors (Lipinski definition) is 2. The van der Waals surface area contributed by atoms with Crippen molar-refractivity contribution in [3.05, 3.63) is 46.3 Å². The summed E-state index contributed by atoms with van der Waals surface area (Å²) in [5.74, 6) is -2.04. The molecule has 12 heteroatoms. The summed E-state index contributed by atoms with van der Waals surface area (Å²) in [4.78, 5) is 49.5. The summed E-state index contributed by atoms with van der Waals surface area (Å²) in [5, 5.41) is 19.0. The molecule has 2 unspecified atom stereocenters. The van der Waals surface area contributed by atoms with Gasteiger partial charge in [-0.25, -0.2) is 0 Å². The quantitative estimate of drug-likeness (QED) is 0.199. The molecule has 0 aliphatic carbocycles. The SMILES string of the molecule is COc1cc2c(cc1OCCOc1cc3cc(C(=O)CC(C)C(=O)O)sc3cc1OC)CN(C(=O)CC(C)C(=O)O)C2. The highest BCUT2D eigenvalue weighted by molar-refractivity contribution is 7.20. The highest BCUT2D eigenvalue weighted by atomic mass is 32.1. The molecule has 2 heterocycles. The number of carboxylic acid groups (broad SMARTS) is 2. The minimum atomic E-state index is -1.01. The fraction of sp³-hybridized carbons (Fsp3) is 0.400. The van der Waals surface area contributed by atoms with E-state index in [0.717, 1.165) is 21.2 Å². The summed E-state index contributed by atoms with van der Waals surface area (Å²) in [6, 6.07) is 8.93. The number of methoxy groups -OCH3 is 2. The van der Waals surface area contributed by atoms with Crippen molar-refractivity contribution < 1.29 is 48.3 Å². The topological polar surface area (TPSA) is 149 Å². The van der Waals surface area contributed by atoms with Crippen LogP contribution >= 0.6 is 11.3 Å². The average molecular weight is 600 g/mol. The van der Waals surface area contributed by atoms with Crippen molar-refractivity contribution >= 4 is 45.1 Å². The van der Waals surface area contributed by atoms with Gasteiger partial charge in [0.25, 0.3) is 0 Å². The van der Waals surface area contributed by atoms with Crippen LogP contribution in [0.25, 0.3) is 10.1 Å². The summed E-state index contributed by atoms with van der Waals surface area (Å²) in [6.07, 6.45) is -0.145. The van der Waals surface area contributed by atoms with Gasteiger partial charge in [-0.2, -0.15) is 0 Å². The number of rotatable bonds is 14. The molecule has 0 saturated carbocycles. The molecule has 11 nitrogen and oxygen atoms in total. The monoisotopic (exact) mass is 599 g/mol. The molecule has 224 valence electrons. The van der Waals surface area contributed by atoms with Gasteiger partial charge in [-0.3, -0.25) is 19.2 Å². The van der Waals surface area contributed by atoms with Crippen LogP contribution in [0.5, 0.6) is 23.0 Å². The molecular weight excluding hydrogens is 566 g/mol. The summed E-state index contributed by atoms with van der Waals surface area (Å²) >= 11 is 1.28. The molecule has 3 aromatic rings. The number of ether oxygens (including phenoxy) is 4. The summed E-state index contributed by atoms with van der Waals surface area (Å²) in [5.41, 5.74) is 1.81. The zero-order valence-corrected chi connectivity index (χ0v) is 24.6. The fourth-order valence-corrected chi connectivity index (χ4v) is 5.58. The van der Waals surface area contributed by atoms with E-state index in [4.69, 9.17) is 29.2 Å². The van der Waals surface area contributed by atoms with Gasteiger partial charge in [0.1, 0.15) is 13.2 Å². The van der Waals surface area contributed by atoms with Crippen molar-refractivity contribution in [3.63, 3.8) is 0 Å². The molecule has 1 aliphatic rings. The Kier molecular flexibility index (Phi) is 9.56. The third kappa shape index (κ3) is 6.93. The summed E-state index contributed by atoms with van der Waals surface area (Å²) in [6.45, 7) is 4.09. The first kappa shape index (κ1) is 30.6. The number of hydrogen-bond acceptors (Lipinski definition) is 9. The fourth-order valence-electron chi connectivity index (χ4n) is 4.56. The van der Waals surface area contributed by atoms with Gasteiger partial charge >= 0.3 is 11.9 Å². The Morgan fingerprint density at radius 2 is 1.31 bits per heavy atom. The van der Waals surface area contributed by atoms with Gasteiger partial charge in [-0.15, -0.1) is 11.3 Å². The molecule has 4 rings (SSSR count). The maximum Gasteiger partial charge on any atom is 0.306 e. The van der Waals surface area contributed by atoms with Gasteiger partial charge in [0, 0.05) is 36.7 Å². The van der Waals surface area contributed by atoms with Crippen molar-refractivity contribution in [2.45, 2.75) is 39.8 Å². The highest BCUT2D eigenvalue weighted by Crippen LogP contribution is 2.38. The van der Waals surface area contributed by atoms with E-state index in [-0.39, 0.29) is 37.7 Å². The number of fused-ring (bicyclic) bond motifs is 2. The van der Waals surface area contributed by atoms with Crippen LogP contribution in [0.2, 0.25) is 0 Å². The Hall–Kier alpha value is -4.32. The van der Waals surface area contributed by atoms with E-state index in [1.807, 2.05) is 12.1 Å². The second-order valence-electron chi connectivity index (χ2n) is 10.2. The van der Waals surface area contributed by atoms with Crippen LogP contribution in [-0.2, 0) is 27.5 Å². The number of carboxylic acids is 2. The van der Waals surface area contributed by atoms with Crippen molar-refractivity contribution in [1.29, 1.82) is 0 Å². The molecule has 0 radical (unpaired) electrons. The van der Waals surface area contributed by atoms with E-state index < -0.39 is 23.8 Å². The average Bonchev–Trinajstić information content (AvgIpc) is 3.57. The van der Waals surface area contributed by atoms with Gasteiger partial charge < -0.3 is 34.1 Å². The van der Waals surface area contributed by atoms with Crippen LogP contribution in [0.4, 0.5) is 0 Å². The molecule has 0 fully saturated rings. The van der Waals surface area contributed by atoms with Crippen LogP contribution in [0.15, 0.2) is 30.3 Å². The van der Waals surface area contributed by atoms with Gasteiger partial charge in [0.15, 0.2) is 28.8 Å². The Labute approximate surface area is 246 Å². The van der Waals surface area contributed by atoms with E-state index in [1.165, 1.54) is 39.4 Å². The zero-order chi connectivity index (χ0) is 30.6. The van der Waals surface area contributed by atoms with Crippen LogP contribution in [0.3, 0.4) is 0 Å². The normalized spacial score (nSPS) is 13.8. The van der Waals surface area contributed by atoms with Gasteiger partial charge in [0.2, 0.25) is 5.91 Å². The molecule has 2 atom stereocenters. The maximum absolute atomic E-state index is 12.6. The Morgan fingerprint density at radius 1 is 0.786 bits per heavy atom. The number of Topliss-reactive ketones (excluding diaryl/α,β-unsaturated/α-hetero) is 1. The number of carbonyl (C=O) groups excluding carboxylic acids is 2. The van der Waals surface area contributed by atoms with Crippen molar-refractivity contribution in [2.75, 3.05) is 27.4 Å². The van der Waals surface area contributed by atoms with E-state index in [2.05, 4.69) is 0 Å². The highest BCUT2D eigenvalue weighted by Gasteiger charge is 2.28. The Morgan fingerprint density at radius 3 is 1.88 bits per heavy atom. The molecule has 0 bridgehead atoms. The largest absolute Gasteiger partial charge is 0.493 e. The van der Waals surface area contributed by atoms with Gasteiger partial charge in [-0.1, -0.05) is 13.8 Å². The lowest BCUT2D eigenvalue weighted by atomic mass is 10.0. The first-order chi connectivity index (χ1) is 20.0. The lowest BCUT2D eigenvalue weighted by molar-refractivity contribution is -0.145. The molecule has 2 aromatic carbocycles. The van der Waals surface area contributed by atoms with Crippen LogP contribution in [-0.4, -0.2) is 66.2 Å². The third-order valence-electron chi connectivity index (χ3n) is 7.05. The predicted octanol–water partition coefficient (Wildman–Crippen LogP) is 4.62. The molecule has 0 spiro atoms. The number of benzene rings is 2. The van der Waals surface area contributed by atoms with Crippen LogP contribution in [0.1, 0.15) is 47.5 Å². The van der Waals surface area contributed by atoms with Crippen molar-refractivity contribution in [2.24, 2.45) is 11.8 Å². The molecular formula is C30H33NO10S. The second kappa shape index (κ2) is 13.1. The predicted molar refractivity (Wildman–Crippen MR) is 154 cm³/mol.